The van der Waals surface area contributed by atoms with Crippen molar-refractivity contribution in [2.45, 2.75) is 13.0 Å². The Hall–Kier alpha value is -4.48. The van der Waals surface area contributed by atoms with Crippen molar-refractivity contribution >= 4 is 46.1 Å². The quantitative estimate of drug-likeness (QED) is 0.400. The Labute approximate surface area is 173 Å². The second-order valence-electron chi connectivity index (χ2n) is 6.81. The number of nitrogens with zero attached hydrogens (tertiary/aromatic N) is 5. The van der Waals surface area contributed by atoms with Crippen molar-refractivity contribution in [3.63, 3.8) is 0 Å². The van der Waals surface area contributed by atoms with Gasteiger partial charge in [0.15, 0.2) is 5.78 Å². The number of benzene rings is 2. The predicted octanol–water partition coefficient (Wildman–Crippen LogP) is 1.83. The highest BCUT2D eigenvalue weighted by atomic mass is 16.6. The normalized spacial score (nSPS) is 20.0. The second kappa shape index (κ2) is 7.09. The Balaban J connectivity index is 1.88. The molecule has 0 radical (unpaired) electrons. The molecule has 2 heterocycles. The minimum atomic E-state index is -1.38. The van der Waals surface area contributed by atoms with E-state index < -0.39 is 45.1 Å². The molecule has 2 amide bonds. The predicted molar refractivity (Wildman–Crippen MR) is 107 cm³/mol. The summed E-state index contributed by atoms with van der Waals surface area (Å²) in [4.78, 5) is 60.7. The number of hydrazone groups is 1. The van der Waals surface area contributed by atoms with Gasteiger partial charge in [-0.1, -0.05) is 24.3 Å². The highest BCUT2D eigenvalue weighted by Crippen LogP contribution is 2.42. The third kappa shape index (κ3) is 2.92. The molecule has 12 heteroatoms. The van der Waals surface area contributed by atoms with E-state index in [9.17, 15) is 34.6 Å². The van der Waals surface area contributed by atoms with E-state index in [1.165, 1.54) is 42.5 Å². The summed E-state index contributed by atoms with van der Waals surface area (Å²) in [5, 5.41) is 27.9. The number of para-hydroxylation sites is 4. The average Bonchev–Trinajstić information content (AvgIpc) is 3.25. The third-order valence-corrected chi connectivity index (χ3v) is 5.05. The van der Waals surface area contributed by atoms with Crippen molar-refractivity contribution in [2.75, 3.05) is 9.91 Å². The lowest BCUT2D eigenvalue weighted by atomic mass is 9.95. The molecule has 0 aliphatic carbocycles. The molecule has 1 fully saturated rings. The first-order chi connectivity index (χ1) is 14.7. The van der Waals surface area contributed by atoms with Crippen LogP contribution in [0.25, 0.3) is 0 Å². The van der Waals surface area contributed by atoms with Gasteiger partial charge in [-0.05, 0) is 12.1 Å². The van der Waals surface area contributed by atoms with Crippen molar-refractivity contribution in [2.24, 2.45) is 11.0 Å². The summed E-state index contributed by atoms with van der Waals surface area (Å²) in [6, 6.07) is 9.27. The molecular formula is C19H13N5O7. The fourth-order valence-electron chi connectivity index (χ4n) is 3.76. The van der Waals surface area contributed by atoms with Crippen molar-refractivity contribution in [3.8, 4) is 0 Å². The standard InChI is InChI=1S/C19H13N5O7/c1-10(25)16-15-17(22(20-16)12-7-3-5-9-14(12)24(30)31)19(27)21(18(15)26)11-6-2-4-8-13(11)23(28)29/h2-9,15,17H,1H3/t15-,17-/m0/s1. The van der Waals surface area contributed by atoms with Gasteiger partial charge in [0, 0.05) is 19.1 Å². The second-order valence-corrected chi connectivity index (χ2v) is 6.81. The van der Waals surface area contributed by atoms with Crippen LogP contribution >= 0.6 is 0 Å². The summed E-state index contributed by atoms with van der Waals surface area (Å²) in [6.45, 7) is 1.16. The zero-order valence-electron chi connectivity index (χ0n) is 15.9. The van der Waals surface area contributed by atoms with E-state index in [1.54, 1.807) is 0 Å². The van der Waals surface area contributed by atoms with Gasteiger partial charge in [0.2, 0.25) is 5.91 Å². The smallest absolute Gasteiger partial charge is 0.293 e. The number of Topliss-reactive ketones (excluding diaryl/α,β-unsaturated/α-hetero) is 1. The van der Waals surface area contributed by atoms with Gasteiger partial charge in [0.1, 0.15) is 29.0 Å². The van der Waals surface area contributed by atoms with Crippen LogP contribution in [0.4, 0.5) is 22.7 Å². The van der Waals surface area contributed by atoms with Gasteiger partial charge in [-0.15, -0.1) is 0 Å². The monoisotopic (exact) mass is 423 g/mol. The number of ketones is 1. The number of carbonyl (C=O) groups is 3. The third-order valence-electron chi connectivity index (χ3n) is 5.05. The Morgan fingerprint density at radius 2 is 1.42 bits per heavy atom. The fourth-order valence-corrected chi connectivity index (χ4v) is 3.76. The maximum atomic E-state index is 13.3. The number of nitro benzene ring substituents is 2. The van der Waals surface area contributed by atoms with Crippen LogP contribution < -0.4 is 9.91 Å². The van der Waals surface area contributed by atoms with E-state index in [4.69, 9.17) is 0 Å². The molecule has 0 N–H and O–H groups in total. The molecule has 2 aromatic carbocycles. The van der Waals surface area contributed by atoms with Crippen LogP contribution in [0.15, 0.2) is 53.6 Å². The van der Waals surface area contributed by atoms with Crippen LogP contribution in [0.5, 0.6) is 0 Å². The average molecular weight is 423 g/mol. The van der Waals surface area contributed by atoms with Crippen LogP contribution in [0.3, 0.4) is 0 Å². The number of carbonyl (C=O) groups excluding carboxylic acids is 3. The molecule has 156 valence electrons. The minimum absolute atomic E-state index is 0.0793. The number of hydrogen-bond donors (Lipinski definition) is 0. The molecule has 0 aromatic heterocycles. The molecule has 12 nitrogen and oxygen atoms in total. The first-order valence-electron chi connectivity index (χ1n) is 8.97. The molecule has 31 heavy (non-hydrogen) atoms. The van der Waals surface area contributed by atoms with Crippen molar-refractivity contribution in [3.05, 3.63) is 68.8 Å². The van der Waals surface area contributed by atoms with E-state index >= 15 is 0 Å². The van der Waals surface area contributed by atoms with E-state index in [2.05, 4.69) is 5.10 Å². The van der Waals surface area contributed by atoms with Gasteiger partial charge in [-0.25, -0.2) is 9.91 Å². The summed E-state index contributed by atoms with van der Waals surface area (Å²) in [6.07, 6.45) is 0. The molecule has 0 bridgehead atoms. The summed E-state index contributed by atoms with van der Waals surface area (Å²) >= 11 is 0. The zero-order chi connectivity index (χ0) is 22.4. The van der Waals surface area contributed by atoms with Gasteiger partial charge >= 0.3 is 0 Å². The summed E-state index contributed by atoms with van der Waals surface area (Å²) in [5.41, 5.74) is -1.42. The first kappa shape index (κ1) is 19.8. The summed E-state index contributed by atoms with van der Waals surface area (Å²) < 4.78 is 0. The van der Waals surface area contributed by atoms with Gasteiger partial charge in [0.25, 0.3) is 17.3 Å². The molecule has 2 atom stereocenters. The Bertz CT molecular complexity index is 1210. The largest absolute Gasteiger partial charge is 0.294 e. The number of hydrogen-bond acceptors (Lipinski definition) is 9. The summed E-state index contributed by atoms with van der Waals surface area (Å²) in [5.74, 6) is -3.67. The van der Waals surface area contributed by atoms with E-state index in [-0.39, 0.29) is 22.8 Å². The van der Waals surface area contributed by atoms with Crippen molar-refractivity contribution in [1.82, 2.24) is 0 Å². The number of amides is 2. The van der Waals surface area contributed by atoms with Gasteiger partial charge < -0.3 is 0 Å². The van der Waals surface area contributed by atoms with Crippen LogP contribution in [0, 0.1) is 26.1 Å². The highest BCUT2D eigenvalue weighted by molar-refractivity contribution is 6.49. The SMILES string of the molecule is CC(=O)C1=NN(c2ccccc2[N+](=O)[O-])[C@@H]2C(=O)N(c3ccccc3[N+](=O)[O-])C(=O)[C@@H]12. The van der Waals surface area contributed by atoms with Crippen LogP contribution in [0.1, 0.15) is 6.92 Å². The van der Waals surface area contributed by atoms with E-state index in [0.29, 0.717) is 4.90 Å². The molecule has 1 saturated heterocycles. The van der Waals surface area contributed by atoms with E-state index in [0.717, 1.165) is 18.0 Å². The lowest BCUT2D eigenvalue weighted by molar-refractivity contribution is -0.384. The summed E-state index contributed by atoms with van der Waals surface area (Å²) in [7, 11) is 0. The van der Waals surface area contributed by atoms with Crippen LogP contribution in [-0.2, 0) is 14.4 Å². The zero-order valence-corrected chi connectivity index (χ0v) is 15.9. The number of anilines is 2. The molecule has 0 unspecified atom stereocenters. The molecule has 0 spiro atoms. The molecule has 2 aromatic rings. The molecule has 4 rings (SSSR count). The topological polar surface area (TPSA) is 156 Å². The van der Waals surface area contributed by atoms with Crippen LogP contribution in [0.2, 0.25) is 0 Å². The first-order valence-corrected chi connectivity index (χ1v) is 8.97. The number of fused-ring (bicyclic) bond motifs is 1. The Morgan fingerprint density at radius 3 is 1.97 bits per heavy atom. The maximum absolute atomic E-state index is 13.3. The number of nitro groups is 2. The molecule has 2 aliphatic heterocycles. The molecule has 0 saturated carbocycles. The van der Waals surface area contributed by atoms with E-state index in [1.807, 2.05) is 0 Å². The van der Waals surface area contributed by atoms with Gasteiger partial charge in [-0.2, -0.15) is 5.10 Å². The van der Waals surface area contributed by atoms with Crippen LogP contribution in [-0.4, -0.2) is 39.2 Å². The Morgan fingerprint density at radius 1 is 0.903 bits per heavy atom. The van der Waals surface area contributed by atoms with Gasteiger partial charge in [0.05, 0.1) is 9.85 Å². The number of imide groups is 1. The fraction of sp³-hybridized carbons (Fsp3) is 0.158. The lowest BCUT2D eigenvalue weighted by Gasteiger charge is -2.21. The Kier molecular flexibility index (Phi) is 4.53. The maximum Gasteiger partial charge on any atom is 0.294 e. The lowest BCUT2D eigenvalue weighted by Crippen LogP contribution is -2.39. The van der Waals surface area contributed by atoms with Gasteiger partial charge in [-0.3, -0.25) is 34.6 Å². The highest BCUT2D eigenvalue weighted by Gasteiger charge is 2.59. The van der Waals surface area contributed by atoms with Crippen molar-refractivity contribution < 1.29 is 24.2 Å². The number of rotatable bonds is 5. The molecular weight excluding hydrogens is 410 g/mol. The molecule has 2 aliphatic rings. The van der Waals surface area contributed by atoms with Crippen molar-refractivity contribution in [1.29, 1.82) is 0 Å². The minimum Gasteiger partial charge on any atom is -0.293 e.